The number of hydrogen-bond donors (Lipinski definition) is 1. The Morgan fingerprint density at radius 1 is 1.24 bits per heavy atom. The van der Waals surface area contributed by atoms with Crippen LogP contribution in [0, 0.1) is 0 Å². The number of hydrogen-bond acceptors (Lipinski definition) is 4. The lowest BCUT2D eigenvalue weighted by Gasteiger charge is -2.12. The van der Waals surface area contributed by atoms with E-state index in [4.69, 9.17) is 9.47 Å². The number of carbonyl (C=O) groups is 1. The molecule has 1 N–H and O–H groups in total. The van der Waals surface area contributed by atoms with Crippen molar-refractivity contribution >= 4 is 16.9 Å². The van der Waals surface area contributed by atoms with Crippen molar-refractivity contribution < 1.29 is 19.4 Å². The minimum absolute atomic E-state index is 0.0205. The van der Waals surface area contributed by atoms with Gasteiger partial charge in [0.2, 0.25) is 0 Å². The molecule has 6 nitrogen and oxygen atoms in total. The number of carboxylic acids is 1. The zero-order chi connectivity index (χ0) is 15.2. The molecule has 0 amide bonds. The van der Waals surface area contributed by atoms with Gasteiger partial charge < -0.3 is 19.1 Å². The summed E-state index contributed by atoms with van der Waals surface area (Å²) in [6.07, 6.45) is 0. The molecule has 0 radical (unpaired) electrons. The Hall–Kier alpha value is -2.18. The topological polar surface area (TPSA) is 77.8 Å². The molecule has 0 spiro atoms. The zero-order valence-corrected chi connectivity index (χ0v) is 11.7. The number of nitrogens with zero attached hydrogens (tertiary/aromatic N) is 1. The number of aromatic carboxylic acids is 1. The van der Waals surface area contributed by atoms with Gasteiger partial charge in [0.15, 0.2) is 0 Å². The summed E-state index contributed by atoms with van der Waals surface area (Å²) < 4.78 is 11.8. The second-order valence-corrected chi connectivity index (χ2v) is 4.48. The first-order valence-electron chi connectivity index (χ1n) is 6.57. The summed E-state index contributed by atoms with van der Waals surface area (Å²) in [7, 11) is 1.59. The average Bonchev–Trinajstić information content (AvgIpc) is 2.48. The Balaban J connectivity index is 2.32. The molecule has 6 heteroatoms. The molecular weight excluding hydrogens is 274 g/mol. The van der Waals surface area contributed by atoms with Crippen LogP contribution in [0.5, 0.6) is 0 Å². The molecule has 0 unspecified atom stereocenters. The Morgan fingerprint density at radius 2 is 2.00 bits per heavy atom. The van der Waals surface area contributed by atoms with E-state index in [1.54, 1.807) is 31.4 Å². The molecule has 1 heterocycles. The highest BCUT2D eigenvalue weighted by atomic mass is 16.5. The molecule has 0 aliphatic carbocycles. The van der Waals surface area contributed by atoms with E-state index in [2.05, 4.69) is 0 Å². The molecule has 21 heavy (non-hydrogen) atoms. The van der Waals surface area contributed by atoms with Gasteiger partial charge in [-0.05, 0) is 6.07 Å². The third-order valence-electron chi connectivity index (χ3n) is 3.14. The standard InChI is InChI=1S/C15H17NO5/c1-20-8-9-21-7-6-16-13-5-3-2-4-11(13)12(15(18)19)10-14(16)17/h2-5,10H,6-9H2,1H3,(H,18,19). The molecule has 2 rings (SSSR count). The number of carboxylic acid groups (broad SMARTS) is 1. The van der Waals surface area contributed by atoms with E-state index in [0.29, 0.717) is 37.3 Å². The molecule has 1 aromatic carbocycles. The molecule has 0 fully saturated rings. The Bertz CT molecular complexity index is 692. The number of rotatable bonds is 7. The van der Waals surface area contributed by atoms with Gasteiger partial charge >= 0.3 is 5.97 Å². The summed E-state index contributed by atoms with van der Waals surface area (Å²) in [5.41, 5.74) is 0.270. The van der Waals surface area contributed by atoms with Crippen molar-refractivity contribution in [3.63, 3.8) is 0 Å². The molecule has 2 aromatic rings. The summed E-state index contributed by atoms with van der Waals surface area (Å²) in [6, 6.07) is 8.10. The van der Waals surface area contributed by atoms with Gasteiger partial charge in [-0.15, -0.1) is 0 Å². The average molecular weight is 291 g/mol. The van der Waals surface area contributed by atoms with Crippen molar-refractivity contribution in [3.05, 3.63) is 46.2 Å². The molecule has 0 saturated heterocycles. The first kappa shape index (κ1) is 15.2. The second kappa shape index (κ2) is 7.01. The third-order valence-corrected chi connectivity index (χ3v) is 3.14. The fraction of sp³-hybridized carbons (Fsp3) is 0.333. The summed E-state index contributed by atoms with van der Waals surface area (Å²) in [4.78, 5) is 23.3. The highest BCUT2D eigenvalue weighted by molar-refractivity contribution is 6.02. The number of para-hydroxylation sites is 1. The highest BCUT2D eigenvalue weighted by Crippen LogP contribution is 2.16. The van der Waals surface area contributed by atoms with Crippen LogP contribution in [0.15, 0.2) is 35.1 Å². The molecule has 112 valence electrons. The minimum Gasteiger partial charge on any atom is -0.478 e. The van der Waals surface area contributed by atoms with Crippen LogP contribution in [-0.4, -0.2) is 42.6 Å². The van der Waals surface area contributed by atoms with Gasteiger partial charge in [0, 0.05) is 25.1 Å². The smallest absolute Gasteiger partial charge is 0.336 e. The molecular formula is C15H17NO5. The number of fused-ring (bicyclic) bond motifs is 1. The van der Waals surface area contributed by atoms with E-state index in [1.807, 2.05) is 0 Å². The van der Waals surface area contributed by atoms with E-state index in [0.717, 1.165) is 6.07 Å². The van der Waals surface area contributed by atoms with Crippen molar-refractivity contribution in [1.82, 2.24) is 4.57 Å². The Kier molecular flexibility index (Phi) is 5.08. The third kappa shape index (κ3) is 3.48. The number of methoxy groups -OCH3 is 1. The second-order valence-electron chi connectivity index (χ2n) is 4.48. The number of ether oxygens (including phenoxy) is 2. The lowest BCUT2D eigenvalue weighted by atomic mass is 10.1. The Morgan fingerprint density at radius 3 is 2.71 bits per heavy atom. The largest absolute Gasteiger partial charge is 0.478 e. The lowest BCUT2D eigenvalue weighted by molar-refractivity contribution is 0.0666. The van der Waals surface area contributed by atoms with Gasteiger partial charge in [-0.3, -0.25) is 4.79 Å². The summed E-state index contributed by atoms with van der Waals surface area (Å²) in [5, 5.41) is 9.73. The summed E-state index contributed by atoms with van der Waals surface area (Å²) >= 11 is 0. The monoisotopic (exact) mass is 291 g/mol. The molecule has 0 aliphatic heterocycles. The van der Waals surface area contributed by atoms with Gasteiger partial charge in [0.1, 0.15) is 0 Å². The van der Waals surface area contributed by atoms with Crippen molar-refractivity contribution in [1.29, 1.82) is 0 Å². The van der Waals surface area contributed by atoms with Crippen LogP contribution in [0.3, 0.4) is 0 Å². The molecule has 0 bridgehead atoms. The number of aromatic nitrogens is 1. The SMILES string of the molecule is COCCOCCn1c(=O)cc(C(=O)O)c2ccccc21. The van der Waals surface area contributed by atoms with Crippen LogP contribution in [0.4, 0.5) is 0 Å². The number of pyridine rings is 1. The van der Waals surface area contributed by atoms with Crippen LogP contribution in [-0.2, 0) is 16.0 Å². The first-order valence-corrected chi connectivity index (χ1v) is 6.57. The van der Waals surface area contributed by atoms with Crippen molar-refractivity contribution in [2.45, 2.75) is 6.54 Å². The molecule has 0 saturated carbocycles. The van der Waals surface area contributed by atoms with Crippen LogP contribution >= 0.6 is 0 Å². The van der Waals surface area contributed by atoms with E-state index in [-0.39, 0.29) is 11.1 Å². The maximum atomic E-state index is 12.1. The van der Waals surface area contributed by atoms with Crippen molar-refractivity contribution in [2.75, 3.05) is 26.9 Å². The van der Waals surface area contributed by atoms with Crippen molar-refractivity contribution in [3.8, 4) is 0 Å². The predicted octanol–water partition coefficient (Wildman–Crippen LogP) is 1.36. The quantitative estimate of drug-likeness (QED) is 0.779. The van der Waals surface area contributed by atoms with Gasteiger partial charge in [0.05, 0.1) is 30.9 Å². The zero-order valence-electron chi connectivity index (χ0n) is 11.7. The maximum absolute atomic E-state index is 12.1. The fourth-order valence-electron chi connectivity index (χ4n) is 2.14. The molecule has 1 aromatic heterocycles. The van der Waals surface area contributed by atoms with Gasteiger partial charge in [0.25, 0.3) is 5.56 Å². The van der Waals surface area contributed by atoms with Crippen LogP contribution in [0.1, 0.15) is 10.4 Å². The van der Waals surface area contributed by atoms with E-state index in [1.165, 1.54) is 4.57 Å². The van der Waals surface area contributed by atoms with Crippen LogP contribution in [0.25, 0.3) is 10.9 Å². The lowest BCUT2D eigenvalue weighted by Crippen LogP contribution is -2.24. The minimum atomic E-state index is -1.10. The van der Waals surface area contributed by atoms with E-state index >= 15 is 0 Å². The molecule has 0 atom stereocenters. The van der Waals surface area contributed by atoms with E-state index < -0.39 is 5.97 Å². The highest BCUT2D eigenvalue weighted by Gasteiger charge is 2.13. The van der Waals surface area contributed by atoms with Crippen LogP contribution in [0.2, 0.25) is 0 Å². The Labute approximate surface area is 121 Å². The normalized spacial score (nSPS) is 10.9. The summed E-state index contributed by atoms with van der Waals surface area (Å²) in [5.74, 6) is -1.10. The van der Waals surface area contributed by atoms with Gasteiger partial charge in [-0.1, -0.05) is 18.2 Å². The predicted molar refractivity (Wildman–Crippen MR) is 77.9 cm³/mol. The van der Waals surface area contributed by atoms with Gasteiger partial charge in [-0.2, -0.15) is 0 Å². The van der Waals surface area contributed by atoms with E-state index in [9.17, 15) is 14.7 Å². The fourth-order valence-corrected chi connectivity index (χ4v) is 2.14. The molecule has 0 aliphatic rings. The first-order chi connectivity index (χ1) is 10.1. The van der Waals surface area contributed by atoms with Crippen molar-refractivity contribution in [2.24, 2.45) is 0 Å². The van der Waals surface area contributed by atoms with Crippen LogP contribution < -0.4 is 5.56 Å². The number of benzene rings is 1. The maximum Gasteiger partial charge on any atom is 0.336 e. The van der Waals surface area contributed by atoms with Gasteiger partial charge in [-0.25, -0.2) is 4.79 Å². The summed E-state index contributed by atoms with van der Waals surface area (Å²) in [6.45, 7) is 1.67.